The summed E-state index contributed by atoms with van der Waals surface area (Å²) in [6, 6.07) is 6.57. The number of anilines is 1. The second-order valence-electron chi connectivity index (χ2n) is 7.24. The summed E-state index contributed by atoms with van der Waals surface area (Å²) in [7, 11) is 0. The normalized spacial score (nSPS) is 19.6. The fourth-order valence-corrected chi connectivity index (χ4v) is 3.85. The lowest BCUT2D eigenvalue weighted by Crippen LogP contribution is -2.47. The quantitative estimate of drug-likeness (QED) is 0.850. The number of carbonyl (C=O) groups is 1. The van der Waals surface area contributed by atoms with E-state index in [1.165, 1.54) is 36.1 Å². The van der Waals surface area contributed by atoms with Crippen LogP contribution < -0.4 is 4.90 Å². The maximum absolute atomic E-state index is 12.3. The first-order valence-electron chi connectivity index (χ1n) is 9.46. The molecule has 0 radical (unpaired) electrons. The van der Waals surface area contributed by atoms with Crippen molar-refractivity contribution in [3.8, 4) is 0 Å². The van der Waals surface area contributed by atoms with Crippen molar-refractivity contribution in [3.05, 3.63) is 29.3 Å². The molecule has 4 nitrogen and oxygen atoms in total. The Morgan fingerprint density at radius 3 is 2.38 bits per heavy atom. The summed E-state index contributed by atoms with van der Waals surface area (Å²) >= 11 is 0. The minimum Gasteiger partial charge on any atom is -0.369 e. The molecule has 2 heterocycles. The summed E-state index contributed by atoms with van der Waals surface area (Å²) in [4.78, 5) is 19.3. The van der Waals surface area contributed by atoms with Crippen LogP contribution in [0.3, 0.4) is 0 Å². The van der Waals surface area contributed by atoms with Crippen LogP contribution in [0.15, 0.2) is 18.2 Å². The molecule has 2 fully saturated rings. The molecule has 0 aromatic heterocycles. The Labute approximate surface area is 146 Å². The lowest BCUT2D eigenvalue weighted by atomic mass is 10.1. The van der Waals surface area contributed by atoms with Gasteiger partial charge in [0.2, 0.25) is 5.91 Å². The Bertz CT molecular complexity index is 558. The Morgan fingerprint density at radius 1 is 0.958 bits per heavy atom. The number of likely N-dealkylation sites (tertiary alicyclic amines) is 1. The van der Waals surface area contributed by atoms with Crippen LogP contribution in [-0.4, -0.2) is 61.5 Å². The number of benzene rings is 1. The molecule has 2 aliphatic rings. The second kappa shape index (κ2) is 8.02. The maximum Gasteiger partial charge on any atom is 0.223 e. The molecule has 4 heteroatoms. The van der Waals surface area contributed by atoms with Crippen molar-refractivity contribution in [2.45, 2.75) is 39.5 Å². The molecule has 0 spiro atoms. The topological polar surface area (TPSA) is 26.8 Å². The molecule has 1 aromatic rings. The van der Waals surface area contributed by atoms with E-state index in [0.29, 0.717) is 12.3 Å². The van der Waals surface area contributed by atoms with E-state index in [4.69, 9.17) is 0 Å². The Morgan fingerprint density at radius 2 is 1.67 bits per heavy atom. The summed E-state index contributed by atoms with van der Waals surface area (Å²) < 4.78 is 0. The summed E-state index contributed by atoms with van der Waals surface area (Å²) in [5.74, 6) is 0.353. The van der Waals surface area contributed by atoms with Crippen molar-refractivity contribution in [3.63, 3.8) is 0 Å². The number of rotatable bonds is 4. The number of amides is 1. The third kappa shape index (κ3) is 4.10. The molecule has 132 valence electrons. The molecule has 0 aliphatic carbocycles. The highest BCUT2D eigenvalue weighted by molar-refractivity contribution is 5.76. The second-order valence-corrected chi connectivity index (χ2v) is 7.24. The monoisotopic (exact) mass is 329 g/mol. The van der Waals surface area contributed by atoms with Gasteiger partial charge in [-0.1, -0.05) is 12.1 Å². The lowest BCUT2D eigenvalue weighted by molar-refractivity contribution is -0.132. The number of aryl methyl sites for hydroxylation is 1. The Kier molecular flexibility index (Phi) is 5.77. The van der Waals surface area contributed by atoms with Crippen molar-refractivity contribution in [1.82, 2.24) is 9.80 Å². The van der Waals surface area contributed by atoms with Gasteiger partial charge >= 0.3 is 0 Å². The van der Waals surface area contributed by atoms with Gasteiger partial charge in [0.05, 0.1) is 0 Å². The van der Waals surface area contributed by atoms with Gasteiger partial charge in [-0.25, -0.2) is 0 Å². The summed E-state index contributed by atoms with van der Waals surface area (Å²) in [5.41, 5.74) is 4.13. The number of nitrogens with zero attached hydrogens (tertiary/aromatic N) is 3. The third-order valence-corrected chi connectivity index (χ3v) is 5.64. The van der Waals surface area contributed by atoms with Crippen molar-refractivity contribution < 1.29 is 4.79 Å². The van der Waals surface area contributed by atoms with Crippen molar-refractivity contribution in [1.29, 1.82) is 0 Å². The first-order valence-corrected chi connectivity index (χ1v) is 9.46. The van der Waals surface area contributed by atoms with E-state index < -0.39 is 0 Å². The molecule has 0 saturated carbocycles. The van der Waals surface area contributed by atoms with Crippen LogP contribution in [0.4, 0.5) is 5.69 Å². The van der Waals surface area contributed by atoms with Gasteiger partial charge in [0.1, 0.15) is 0 Å². The molecule has 2 saturated heterocycles. The highest BCUT2D eigenvalue weighted by atomic mass is 16.2. The Hall–Kier alpha value is -1.55. The largest absolute Gasteiger partial charge is 0.369 e. The van der Waals surface area contributed by atoms with Gasteiger partial charge in [0.25, 0.3) is 0 Å². The first-order chi connectivity index (χ1) is 11.6. The molecule has 3 rings (SSSR count). The van der Waals surface area contributed by atoms with Gasteiger partial charge in [-0.05, 0) is 50.3 Å². The summed E-state index contributed by atoms with van der Waals surface area (Å²) in [6.07, 6.45) is 4.33. The van der Waals surface area contributed by atoms with Crippen molar-refractivity contribution >= 4 is 11.6 Å². The molecular formula is C20H31N3O. The number of carbonyl (C=O) groups excluding carboxylic acids is 1. The molecule has 0 bridgehead atoms. The van der Waals surface area contributed by atoms with Gasteiger partial charge in [0.15, 0.2) is 0 Å². The Balaban J connectivity index is 1.45. The van der Waals surface area contributed by atoms with E-state index in [2.05, 4.69) is 46.7 Å². The highest BCUT2D eigenvalue weighted by Gasteiger charge is 2.21. The third-order valence-electron chi connectivity index (χ3n) is 5.64. The van der Waals surface area contributed by atoms with Crippen molar-refractivity contribution in [2.75, 3.05) is 50.7 Å². The van der Waals surface area contributed by atoms with E-state index in [-0.39, 0.29) is 0 Å². The number of piperidine rings is 1. The van der Waals surface area contributed by atoms with Crippen LogP contribution in [0.2, 0.25) is 0 Å². The van der Waals surface area contributed by atoms with Crippen LogP contribution in [0, 0.1) is 13.8 Å². The van der Waals surface area contributed by atoms with E-state index in [9.17, 15) is 4.79 Å². The smallest absolute Gasteiger partial charge is 0.223 e. The predicted octanol–water partition coefficient (Wildman–Crippen LogP) is 2.83. The fourth-order valence-electron chi connectivity index (χ4n) is 3.85. The van der Waals surface area contributed by atoms with Crippen LogP contribution >= 0.6 is 0 Å². The summed E-state index contributed by atoms with van der Waals surface area (Å²) in [6.45, 7) is 11.5. The average Bonchev–Trinajstić information content (AvgIpc) is 2.63. The maximum atomic E-state index is 12.3. The molecular weight excluding hydrogens is 298 g/mol. The highest BCUT2D eigenvalue weighted by Crippen LogP contribution is 2.23. The fraction of sp³-hybridized carbons (Fsp3) is 0.650. The molecule has 0 unspecified atom stereocenters. The average molecular weight is 329 g/mol. The predicted molar refractivity (Wildman–Crippen MR) is 99.6 cm³/mol. The van der Waals surface area contributed by atoms with Crippen molar-refractivity contribution in [2.24, 2.45) is 0 Å². The first kappa shape index (κ1) is 17.3. The van der Waals surface area contributed by atoms with Gasteiger partial charge in [-0.3, -0.25) is 9.69 Å². The van der Waals surface area contributed by atoms with E-state index in [0.717, 1.165) is 45.8 Å². The molecule has 2 aliphatic heterocycles. The van der Waals surface area contributed by atoms with Crippen LogP contribution in [-0.2, 0) is 4.79 Å². The number of hydrogen-bond acceptors (Lipinski definition) is 3. The van der Waals surface area contributed by atoms with Gasteiger partial charge in [-0.15, -0.1) is 0 Å². The van der Waals surface area contributed by atoms with Crippen LogP contribution in [0.1, 0.15) is 36.8 Å². The molecule has 0 N–H and O–H groups in total. The molecule has 1 aromatic carbocycles. The van der Waals surface area contributed by atoms with Gasteiger partial charge < -0.3 is 9.80 Å². The standard InChI is InChI=1S/C20H31N3O/c1-17-7-6-8-19(18(17)2)22-15-13-21(14-16-22)12-9-20(24)23-10-4-3-5-11-23/h6-8H,3-5,9-16H2,1-2H3. The van der Waals surface area contributed by atoms with E-state index in [1.807, 2.05) is 0 Å². The molecule has 1 amide bonds. The minimum atomic E-state index is 0.353. The van der Waals surface area contributed by atoms with E-state index >= 15 is 0 Å². The zero-order valence-electron chi connectivity index (χ0n) is 15.3. The molecule has 0 atom stereocenters. The molecule has 24 heavy (non-hydrogen) atoms. The van der Waals surface area contributed by atoms with Gasteiger partial charge in [-0.2, -0.15) is 0 Å². The lowest BCUT2D eigenvalue weighted by Gasteiger charge is -2.37. The van der Waals surface area contributed by atoms with Crippen LogP contribution in [0.25, 0.3) is 0 Å². The van der Waals surface area contributed by atoms with E-state index in [1.54, 1.807) is 0 Å². The zero-order chi connectivity index (χ0) is 16.9. The SMILES string of the molecule is Cc1cccc(N2CCN(CCC(=O)N3CCCCC3)CC2)c1C. The van der Waals surface area contributed by atoms with Crippen LogP contribution in [0.5, 0.6) is 0 Å². The minimum absolute atomic E-state index is 0.353. The van der Waals surface area contributed by atoms with Gasteiger partial charge in [0, 0.05) is 57.9 Å². The zero-order valence-corrected chi connectivity index (χ0v) is 15.3. The number of hydrogen-bond donors (Lipinski definition) is 0. The number of piperazine rings is 1. The summed E-state index contributed by atoms with van der Waals surface area (Å²) in [5, 5.41) is 0.